The van der Waals surface area contributed by atoms with E-state index in [9.17, 15) is 0 Å². The Bertz CT molecular complexity index is 564. The molecule has 0 spiro atoms. The van der Waals surface area contributed by atoms with Crippen molar-refractivity contribution in [2.45, 2.75) is 27.4 Å². The van der Waals surface area contributed by atoms with Gasteiger partial charge in [-0.15, -0.1) is 0 Å². The van der Waals surface area contributed by atoms with Gasteiger partial charge in [-0.1, -0.05) is 35.4 Å². The zero-order chi connectivity index (χ0) is 14.0. The van der Waals surface area contributed by atoms with Crippen molar-refractivity contribution in [2.24, 2.45) is 0 Å². The van der Waals surface area contributed by atoms with Crippen LogP contribution in [0.3, 0.4) is 0 Å². The van der Waals surface area contributed by atoms with Crippen molar-refractivity contribution >= 4 is 17.3 Å². The number of aryl methyl sites for hydroxylation is 3. The van der Waals surface area contributed by atoms with Gasteiger partial charge in [0.2, 0.25) is 0 Å². The molecule has 2 nitrogen and oxygen atoms in total. The van der Waals surface area contributed by atoms with E-state index in [1.807, 2.05) is 6.07 Å². The minimum atomic E-state index is 0.478. The summed E-state index contributed by atoms with van der Waals surface area (Å²) in [6.07, 6.45) is 0. The highest BCUT2D eigenvalue weighted by Crippen LogP contribution is 2.31. The number of halogens is 1. The molecule has 0 radical (unpaired) electrons. The van der Waals surface area contributed by atoms with E-state index in [-0.39, 0.29) is 0 Å². The average Bonchev–Trinajstić information content (AvgIpc) is 2.31. The van der Waals surface area contributed by atoms with Crippen LogP contribution in [0.1, 0.15) is 22.3 Å². The molecule has 0 saturated carbocycles. The summed E-state index contributed by atoms with van der Waals surface area (Å²) in [5.74, 6) is 0.559. The largest absolute Gasteiger partial charge is 0.485 e. The molecule has 0 unspecified atom stereocenters. The average molecular weight is 276 g/mol. The van der Waals surface area contributed by atoms with Crippen molar-refractivity contribution in [1.29, 1.82) is 0 Å². The first-order valence-electron chi connectivity index (χ1n) is 6.22. The number of hydrogen-bond donors (Lipinski definition) is 1. The summed E-state index contributed by atoms with van der Waals surface area (Å²) in [5, 5.41) is 0.544. The number of anilines is 1. The third-order valence-electron chi connectivity index (χ3n) is 3.20. The van der Waals surface area contributed by atoms with Gasteiger partial charge in [0.05, 0.1) is 10.7 Å². The van der Waals surface area contributed by atoms with Gasteiger partial charge >= 0.3 is 0 Å². The fraction of sp³-hybridized carbons (Fsp3) is 0.250. The maximum Gasteiger partial charge on any atom is 0.161 e. The fourth-order valence-electron chi connectivity index (χ4n) is 2.26. The van der Waals surface area contributed by atoms with Crippen molar-refractivity contribution in [3.8, 4) is 5.75 Å². The van der Waals surface area contributed by atoms with E-state index in [1.54, 1.807) is 12.1 Å². The minimum absolute atomic E-state index is 0.478. The van der Waals surface area contributed by atoms with Crippen LogP contribution in [0.2, 0.25) is 5.02 Å². The minimum Gasteiger partial charge on any atom is -0.485 e. The van der Waals surface area contributed by atoms with Gasteiger partial charge in [0.15, 0.2) is 5.75 Å². The number of benzene rings is 2. The number of nitrogens with two attached hydrogens (primary N) is 1. The van der Waals surface area contributed by atoms with Crippen molar-refractivity contribution < 1.29 is 4.74 Å². The highest BCUT2D eigenvalue weighted by Gasteiger charge is 2.09. The summed E-state index contributed by atoms with van der Waals surface area (Å²) in [7, 11) is 0. The van der Waals surface area contributed by atoms with Crippen LogP contribution in [0.15, 0.2) is 30.3 Å². The fourth-order valence-corrected chi connectivity index (χ4v) is 2.50. The zero-order valence-electron chi connectivity index (χ0n) is 11.5. The van der Waals surface area contributed by atoms with Crippen LogP contribution < -0.4 is 10.5 Å². The molecule has 0 atom stereocenters. The summed E-state index contributed by atoms with van der Waals surface area (Å²) in [5.41, 5.74) is 11.3. The number of hydrogen-bond acceptors (Lipinski definition) is 2. The van der Waals surface area contributed by atoms with E-state index in [1.165, 1.54) is 22.3 Å². The van der Waals surface area contributed by atoms with E-state index in [2.05, 4.69) is 32.9 Å². The highest BCUT2D eigenvalue weighted by atomic mass is 35.5. The highest BCUT2D eigenvalue weighted by molar-refractivity contribution is 6.32. The zero-order valence-corrected chi connectivity index (χ0v) is 12.2. The molecule has 2 aromatic rings. The Morgan fingerprint density at radius 2 is 1.74 bits per heavy atom. The van der Waals surface area contributed by atoms with E-state index < -0.39 is 0 Å². The molecule has 0 aliphatic carbocycles. The Hall–Kier alpha value is -1.67. The summed E-state index contributed by atoms with van der Waals surface area (Å²) in [6, 6.07) is 9.69. The van der Waals surface area contributed by atoms with Crippen LogP contribution in [0, 0.1) is 20.8 Å². The van der Waals surface area contributed by atoms with Crippen molar-refractivity contribution in [3.63, 3.8) is 0 Å². The summed E-state index contributed by atoms with van der Waals surface area (Å²) in [6.45, 7) is 6.76. The molecule has 0 aromatic heterocycles. The topological polar surface area (TPSA) is 35.2 Å². The summed E-state index contributed by atoms with van der Waals surface area (Å²) < 4.78 is 5.80. The number of rotatable bonds is 3. The number of ether oxygens (including phenoxy) is 1. The van der Waals surface area contributed by atoms with Gasteiger partial charge in [-0.05, 0) is 49.6 Å². The van der Waals surface area contributed by atoms with Crippen molar-refractivity contribution in [3.05, 3.63) is 57.6 Å². The Morgan fingerprint density at radius 3 is 2.32 bits per heavy atom. The Labute approximate surface area is 119 Å². The quantitative estimate of drug-likeness (QED) is 0.841. The third-order valence-corrected chi connectivity index (χ3v) is 3.50. The van der Waals surface area contributed by atoms with Crippen LogP contribution in [-0.2, 0) is 6.61 Å². The molecule has 100 valence electrons. The van der Waals surface area contributed by atoms with Gasteiger partial charge in [0.25, 0.3) is 0 Å². The Morgan fingerprint density at radius 1 is 1.11 bits per heavy atom. The van der Waals surface area contributed by atoms with Crippen LogP contribution in [0.25, 0.3) is 0 Å². The second kappa shape index (κ2) is 5.54. The van der Waals surface area contributed by atoms with Gasteiger partial charge in [-0.3, -0.25) is 0 Å². The molecule has 0 heterocycles. The molecule has 2 N–H and O–H groups in total. The van der Waals surface area contributed by atoms with Crippen LogP contribution in [-0.4, -0.2) is 0 Å². The van der Waals surface area contributed by atoms with Gasteiger partial charge in [-0.2, -0.15) is 0 Å². The van der Waals surface area contributed by atoms with Gasteiger partial charge < -0.3 is 10.5 Å². The first kappa shape index (κ1) is 13.8. The predicted octanol–water partition coefficient (Wildman–Crippen LogP) is 4.43. The van der Waals surface area contributed by atoms with Crippen LogP contribution >= 0.6 is 11.6 Å². The smallest absolute Gasteiger partial charge is 0.161 e. The van der Waals surface area contributed by atoms with Crippen LogP contribution in [0.4, 0.5) is 5.69 Å². The predicted molar refractivity (Wildman–Crippen MR) is 80.8 cm³/mol. The Kier molecular flexibility index (Phi) is 4.01. The van der Waals surface area contributed by atoms with Gasteiger partial charge in [0, 0.05) is 0 Å². The van der Waals surface area contributed by atoms with Crippen LogP contribution in [0.5, 0.6) is 5.75 Å². The molecule has 0 amide bonds. The normalized spacial score (nSPS) is 10.5. The van der Waals surface area contributed by atoms with E-state index in [0.717, 1.165) is 0 Å². The van der Waals surface area contributed by atoms with E-state index >= 15 is 0 Å². The molecule has 0 bridgehead atoms. The lowest BCUT2D eigenvalue weighted by molar-refractivity contribution is 0.306. The van der Waals surface area contributed by atoms with Gasteiger partial charge in [0.1, 0.15) is 6.61 Å². The molecule has 0 aliphatic heterocycles. The van der Waals surface area contributed by atoms with Gasteiger partial charge in [-0.25, -0.2) is 0 Å². The monoisotopic (exact) mass is 275 g/mol. The van der Waals surface area contributed by atoms with Crippen molar-refractivity contribution in [1.82, 2.24) is 0 Å². The van der Waals surface area contributed by atoms with Crippen molar-refractivity contribution in [2.75, 3.05) is 5.73 Å². The lowest BCUT2D eigenvalue weighted by atomic mass is 10.0. The molecular formula is C16H18ClNO. The van der Waals surface area contributed by atoms with E-state index in [0.29, 0.717) is 23.1 Å². The SMILES string of the molecule is Cc1cc(C)c(COc2c(N)cccc2Cl)c(C)c1. The molecule has 0 aliphatic rings. The van der Waals surface area contributed by atoms with E-state index in [4.69, 9.17) is 22.1 Å². The molecule has 2 rings (SSSR count). The standard InChI is InChI=1S/C16H18ClNO/c1-10-7-11(2)13(12(3)8-10)9-19-16-14(17)5-4-6-15(16)18/h4-8H,9,18H2,1-3H3. The first-order chi connectivity index (χ1) is 8.99. The lowest BCUT2D eigenvalue weighted by Gasteiger charge is -2.14. The first-order valence-corrected chi connectivity index (χ1v) is 6.60. The maximum atomic E-state index is 6.10. The summed E-state index contributed by atoms with van der Waals surface area (Å²) in [4.78, 5) is 0. The summed E-state index contributed by atoms with van der Waals surface area (Å²) >= 11 is 6.10. The molecular weight excluding hydrogens is 258 g/mol. The second-order valence-electron chi connectivity index (χ2n) is 4.82. The number of nitrogen functional groups attached to an aromatic ring is 1. The maximum absolute atomic E-state index is 6.10. The lowest BCUT2D eigenvalue weighted by Crippen LogP contribution is -2.03. The second-order valence-corrected chi connectivity index (χ2v) is 5.23. The number of para-hydroxylation sites is 1. The molecule has 19 heavy (non-hydrogen) atoms. The molecule has 3 heteroatoms. The molecule has 0 saturated heterocycles. The molecule has 2 aromatic carbocycles. The third kappa shape index (κ3) is 3.02. The Balaban J connectivity index is 2.24. The molecule has 0 fully saturated rings.